The van der Waals surface area contributed by atoms with Crippen LogP contribution in [0.1, 0.15) is 42.2 Å². The van der Waals surface area contributed by atoms with Crippen molar-refractivity contribution < 1.29 is 0 Å². The summed E-state index contributed by atoms with van der Waals surface area (Å²) in [7, 11) is 0. The SMILES string of the molecule is CCNCCc1c(C)nn(Cc2cc(C)nn2CC)c1C. The van der Waals surface area contributed by atoms with E-state index in [1.165, 1.54) is 17.0 Å². The maximum absolute atomic E-state index is 4.72. The Morgan fingerprint density at radius 2 is 1.86 bits per heavy atom. The van der Waals surface area contributed by atoms with Crippen molar-refractivity contribution in [3.8, 4) is 0 Å². The zero-order valence-corrected chi connectivity index (χ0v) is 13.9. The third kappa shape index (κ3) is 3.53. The largest absolute Gasteiger partial charge is 0.317 e. The fraction of sp³-hybridized carbons (Fsp3) is 0.625. The third-order valence-corrected chi connectivity index (χ3v) is 3.93. The van der Waals surface area contributed by atoms with E-state index >= 15 is 0 Å². The highest BCUT2D eigenvalue weighted by molar-refractivity contribution is 5.25. The lowest BCUT2D eigenvalue weighted by molar-refractivity contribution is 0.566. The molecule has 0 atom stereocenters. The Kier molecular flexibility index (Phi) is 5.17. The summed E-state index contributed by atoms with van der Waals surface area (Å²) in [6.07, 6.45) is 1.04. The van der Waals surface area contributed by atoms with Gasteiger partial charge in [-0.15, -0.1) is 0 Å². The van der Waals surface area contributed by atoms with E-state index in [2.05, 4.69) is 53.5 Å². The van der Waals surface area contributed by atoms with Crippen molar-refractivity contribution in [2.45, 2.75) is 54.1 Å². The van der Waals surface area contributed by atoms with E-state index in [0.717, 1.165) is 44.0 Å². The Bertz CT molecular complexity index is 594. The van der Waals surface area contributed by atoms with E-state index in [1.807, 2.05) is 6.92 Å². The van der Waals surface area contributed by atoms with Crippen LogP contribution < -0.4 is 5.32 Å². The van der Waals surface area contributed by atoms with Crippen LogP contribution >= 0.6 is 0 Å². The molecule has 0 bridgehead atoms. The number of rotatable bonds is 7. The number of nitrogens with zero attached hydrogens (tertiary/aromatic N) is 4. The van der Waals surface area contributed by atoms with Crippen LogP contribution in [0.25, 0.3) is 0 Å². The molecule has 0 spiro atoms. The van der Waals surface area contributed by atoms with E-state index in [-0.39, 0.29) is 0 Å². The van der Waals surface area contributed by atoms with Crippen LogP contribution in [0.2, 0.25) is 0 Å². The Morgan fingerprint density at radius 1 is 1.10 bits per heavy atom. The molecule has 0 unspecified atom stereocenters. The molecule has 0 saturated carbocycles. The number of nitrogens with one attached hydrogen (secondary N) is 1. The average molecular weight is 289 g/mol. The smallest absolute Gasteiger partial charge is 0.0831 e. The molecule has 5 heteroatoms. The summed E-state index contributed by atoms with van der Waals surface area (Å²) in [4.78, 5) is 0. The molecular formula is C16H27N5. The molecule has 5 nitrogen and oxygen atoms in total. The number of aromatic nitrogens is 4. The summed E-state index contributed by atoms with van der Waals surface area (Å²) < 4.78 is 4.17. The predicted molar refractivity (Wildman–Crippen MR) is 85.7 cm³/mol. The second kappa shape index (κ2) is 6.89. The highest BCUT2D eigenvalue weighted by atomic mass is 15.3. The van der Waals surface area contributed by atoms with Crippen molar-refractivity contribution in [1.82, 2.24) is 24.9 Å². The van der Waals surface area contributed by atoms with Gasteiger partial charge in [0, 0.05) is 12.2 Å². The minimum Gasteiger partial charge on any atom is -0.317 e. The van der Waals surface area contributed by atoms with Crippen LogP contribution in [0.4, 0.5) is 0 Å². The van der Waals surface area contributed by atoms with Gasteiger partial charge in [0.15, 0.2) is 0 Å². The van der Waals surface area contributed by atoms with Crippen molar-refractivity contribution in [2.24, 2.45) is 0 Å². The summed E-state index contributed by atoms with van der Waals surface area (Å²) in [6.45, 7) is 14.3. The fourth-order valence-corrected chi connectivity index (χ4v) is 2.79. The van der Waals surface area contributed by atoms with Crippen LogP contribution in [0, 0.1) is 20.8 Å². The van der Waals surface area contributed by atoms with Crippen LogP contribution in [-0.2, 0) is 19.5 Å². The van der Waals surface area contributed by atoms with E-state index in [9.17, 15) is 0 Å². The molecule has 2 rings (SSSR count). The molecule has 2 aromatic rings. The molecule has 2 heterocycles. The van der Waals surface area contributed by atoms with E-state index in [1.54, 1.807) is 0 Å². The zero-order chi connectivity index (χ0) is 15.4. The van der Waals surface area contributed by atoms with Crippen LogP contribution in [0.5, 0.6) is 0 Å². The molecule has 0 aliphatic rings. The Hall–Kier alpha value is -1.62. The Balaban J connectivity index is 2.18. The Labute approximate surface area is 127 Å². The number of likely N-dealkylation sites (N-methyl/N-ethyl adjacent to an activating group) is 1. The average Bonchev–Trinajstić information content (AvgIpc) is 2.93. The van der Waals surface area contributed by atoms with Crippen molar-refractivity contribution in [3.63, 3.8) is 0 Å². The second-order valence-electron chi connectivity index (χ2n) is 5.50. The molecule has 0 aromatic carbocycles. The Morgan fingerprint density at radius 3 is 2.52 bits per heavy atom. The number of hydrogen-bond donors (Lipinski definition) is 1. The zero-order valence-electron chi connectivity index (χ0n) is 13.9. The molecule has 21 heavy (non-hydrogen) atoms. The highest BCUT2D eigenvalue weighted by Crippen LogP contribution is 2.15. The molecule has 116 valence electrons. The standard InChI is InChI=1S/C16H27N5/c1-6-17-9-8-16-13(4)19-21(14(16)5)11-15-10-12(3)18-20(15)7-2/h10,17H,6-9,11H2,1-5H3. The lowest BCUT2D eigenvalue weighted by Crippen LogP contribution is -2.16. The first kappa shape index (κ1) is 15.8. The monoisotopic (exact) mass is 289 g/mol. The first-order valence-electron chi connectivity index (χ1n) is 7.83. The molecule has 0 amide bonds. The third-order valence-electron chi connectivity index (χ3n) is 3.93. The fourth-order valence-electron chi connectivity index (χ4n) is 2.79. The molecule has 0 aliphatic heterocycles. The molecule has 0 aliphatic carbocycles. The van der Waals surface area contributed by atoms with Gasteiger partial charge >= 0.3 is 0 Å². The molecule has 1 N–H and O–H groups in total. The molecule has 0 radical (unpaired) electrons. The summed E-state index contributed by atoms with van der Waals surface area (Å²) in [5, 5.41) is 12.6. The predicted octanol–water partition coefficient (Wildman–Crippen LogP) is 2.23. The van der Waals surface area contributed by atoms with Gasteiger partial charge < -0.3 is 5.32 Å². The van der Waals surface area contributed by atoms with Crippen molar-refractivity contribution in [1.29, 1.82) is 0 Å². The minimum absolute atomic E-state index is 0.794. The van der Waals surface area contributed by atoms with Gasteiger partial charge in [0.1, 0.15) is 0 Å². The normalized spacial score (nSPS) is 11.3. The molecule has 0 fully saturated rings. The summed E-state index contributed by atoms with van der Waals surface area (Å²) in [5.74, 6) is 0. The summed E-state index contributed by atoms with van der Waals surface area (Å²) in [5.41, 5.74) is 6.08. The quantitative estimate of drug-likeness (QED) is 0.795. The van der Waals surface area contributed by atoms with Crippen molar-refractivity contribution >= 4 is 0 Å². The van der Waals surface area contributed by atoms with Gasteiger partial charge in [0.05, 0.1) is 23.6 Å². The van der Waals surface area contributed by atoms with Crippen molar-refractivity contribution in [3.05, 3.63) is 34.4 Å². The van der Waals surface area contributed by atoms with E-state index in [0.29, 0.717) is 0 Å². The highest BCUT2D eigenvalue weighted by Gasteiger charge is 2.13. The molecular weight excluding hydrogens is 262 g/mol. The topological polar surface area (TPSA) is 47.7 Å². The van der Waals surface area contributed by atoms with Gasteiger partial charge in [-0.25, -0.2) is 0 Å². The first-order chi connectivity index (χ1) is 10.1. The maximum atomic E-state index is 4.72. The minimum atomic E-state index is 0.794. The van der Waals surface area contributed by atoms with Gasteiger partial charge in [0.2, 0.25) is 0 Å². The molecule has 0 saturated heterocycles. The van der Waals surface area contributed by atoms with Crippen molar-refractivity contribution in [2.75, 3.05) is 13.1 Å². The van der Waals surface area contributed by atoms with Crippen LogP contribution in [0.3, 0.4) is 0 Å². The number of aryl methyl sites for hydroxylation is 3. The maximum Gasteiger partial charge on any atom is 0.0831 e. The first-order valence-corrected chi connectivity index (χ1v) is 7.83. The summed E-state index contributed by atoms with van der Waals surface area (Å²) >= 11 is 0. The second-order valence-corrected chi connectivity index (χ2v) is 5.50. The van der Waals surface area contributed by atoms with Gasteiger partial charge in [-0.1, -0.05) is 6.92 Å². The van der Waals surface area contributed by atoms with E-state index < -0.39 is 0 Å². The van der Waals surface area contributed by atoms with Gasteiger partial charge in [-0.2, -0.15) is 10.2 Å². The lowest BCUT2D eigenvalue weighted by atomic mass is 10.1. The lowest BCUT2D eigenvalue weighted by Gasteiger charge is -2.07. The van der Waals surface area contributed by atoms with Gasteiger partial charge in [-0.05, 0) is 58.8 Å². The molecule has 2 aromatic heterocycles. The van der Waals surface area contributed by atoms with Crippen LogP contribution in [0.15, 0.2) is 6.07 Å². The number of hydrogen-bond acceptors (Lipinski definition) is 3. The van der Waals surface area contributed by atoms with Crippen LogP contribution in [-0.4, -0.2) is 32.7 Å². The van der Waals surface area contributed by atoms with E-state index in [4.69, 9.17) is 5.10 Å². The van der Waals surface area contributed by atoms with Gasteiger partial charge in [0.25, 0.3) is 0 Å². The summed E-state index contributed by atoms with van der Waals surface area (Å²) in [6, 6.07) is 2.15. The van der Waals surface area contributed by atoms with Gasteiger partial charge in [-0.3, -0.25) is 9.36 Å².